The predicted octanol–water partition coefficient (Wildman–Crippen LogP) is 6.25. The van der Waals surface area contributed by atoms with E-state index in [-0.39, 0.29) is 0 Å². The molecule has 6 heteroatoms. The fourth-order valence-corrected chi connectivity index (χ4v) is 5.97. The van der Waals surface area contributed by atoms with Crippen LogP contribution in [0.2, 0.25) is 5.02 Å². The van der Waals surface area contributed by atoms with E-state index in [4.69, 9.17) is 21.6 Å². The Hall–Kier alpha value is -1.69. The molecule has 2 aromatic carbocycles. The minimum atomic E-state index is 0.564. The highest BCUT2D eigenvalue weighted by atomic mass is 35.5. The molecule has 0 spiro atoms. The van der Waals surface area contributed by atoms with Crippen molar-refractivity contribution >= 4 is 59.8 Å². The number of rotatable bonds is 2. The molecule has 0 N–H and O–H groups in total. The number of hydrogen-bond acceptors (Lipinski definition) is 5. The molecular weight excluding hydrogens is 382 g/mol. The van der Waals surface area contributed by atoms with E-state index in [9.17, 15) is 0 Å². The molecule has 0 atom stereocenters. The molecule has 3 nitrogen and oxygen atoms in total. The first kappa shape index (κ1) is 16.5. The maximum absolute atomic E-state index is 6.25. The second-order valence-corrected chi connectivity index (χ2v) is 9.28. The third-order valence-electron chi connectivity index (χ3n) is 5.16. The second-order valence-electron chi connectivity index (χ2n) is 6.80. The summed E-state index contributed by atoms with van der Waals surface area (Å²) in [5.41, 5.74) is 3.26. The molecule has 1 aliphatic rings. The molecular formula is C20H18ClN3S2. The van der Waals surface area contributed by atoms with Crippen LogP contribution in [0.25, 0.3) is 20.4 Å². The van der Waals surface area contributed by atoms with Crippen LogP contribution in [0.3, 0.4) is 0 Å². The Balaban J connectivity index is 1.36. The summed E-state index contributed by atoms with van der Waals surface area (Å²) in [5, 5.41) is 3.20. The van der Waals surface area contributed by atoms with Crippen molar-refractivity contribution in [2.75, 3.05) is 18.0 Å². The summed E-state index contributed by atoms with van der Waals surface area (Å²) in [6.45, 7) is 4.12. The highest BCUT2D eigenvalue weighted by Gasteiger charge is 2.25. The fraction of sp³-hybridized carbons (Fsp3) is 0.300. The first-order valence-corrected chi connectivity index (χ1v) is 10.9. The number of halogens is 1. The molecule has 0 bridgehead atoms. The van der Waals surface area contributed by atoms with Crippen molar-refractivity contribution in [3.05, 3.63) is 52.0 Å². The van der Waals surface area contributed by atoms with E-state index in [0.29, 0.717) is 5.92 Å². The Morgan fingerprint density at radius 3 is 2.62 bits per heavy atom. The van der Waals surface area contributed by atoms with E-state index in [1.54, 1.807) is 11.3 Å². The number of hydrogen-bond donors (Lipinski definition) is 0. The molecule has 2 aromatic heterocycles. The highest BCUT2D eigenvalue weighted by Crippen LogP contribution is 2.38. The van der Waals surface area contributed by atoms with Crippen molar-refractivity contribution in [1.29, 1.82) is 0 Å². The van der Waals surface area contributed by atoms with Crippen LogP contribution in [0.15, 0.2) is 36.4 Å². The second kappa shape index (κ2) is 6.48. The number of benzene rings is 2. The third-order valence-corrected chi connectivity index (χ3v) is 7.85. The third kappa shape index (κ3) is 2.79. The normalized spacial score (nSPS) is 16.0. The van der Waals surface area contributed by atoms with Crippen molar-refractivity contribution in [3.63, 3.8) is 0 Å². The molecule has 5 rings (SSSR count). The standard InChI is InChI=1S/C20H18ClN3S2/c1-12-14(21)6-7-17-18(12)23-20(26-17)24-10-8-13(9-11-24)19-22-15-4-2-3-5-16(15)25-19/h2-7,13H,8-11H2,1H3. The summed E-state index contributed by atoms with van der Waals surface area (Å²) >= 11 is 9.87. The van der Waals surface area contributed by atoms with Gasteiger partial charge in [-0.15, -0.1) is 11.3 Å². The van der Waals surface area contributed by atoms with Crippen LogP contribution < -0.4 is 4.90 Å². The lowest BCUT2D eigenvalue weighted by Gasteiger charge is -2.30. The zero-order chi connectivity index (χ0) is 17.7. The van der Waals surface area contributed by atoms with Gasteiger partial charge in [-0.2, -0.15) is 0 Å². The molecule has 0 saturated carbocycles. The lowest BCUT2D eigenvalue weighted by atomic mass is 9.98. The van der Waals surface area contributed by atoms with E-state index < -0.39 is 0 Å². The van der Waals surface area contributed by atoms with Crippen LogP contribution >= 0.6 is 34.3 Å². The summed E-state index contributed by atoms with van der Waals surface area (Å²) in [4.78, 5) is 12.2. The van der Waals surface area contributed by atoms with Gasteiger partial charge in [-0.05, 0) is 49.6 Å². The van der Waals surface area contributed by atoms with Crippen LogP contribution in [0.1, 0.15) is 29.3 Å². The Morgan fingerprint density at radius 2 is 1.81 bits per heavy atom. The van der Waals surface area contributed by atoms with Gasteiger partial charge >= 0.3 is 0 Å². The largest absolute Gasteiger partial charge is 0.348 e. The van der Waals surface area contributed by atoms with Crippen LogP contribution in [0, 0.1) is 6.92 Å². The quantitative estimate of drug-likeness (QED) is 0.398. The average Bonchev–Trinajstić information content (AvgIpc) is 3.29. The smallest absolute Gasteiger partial charge is 0.186 e. The number of piperidine rings is 1. The van der Waals surface area contributed by atoms with E-state index in [2.05, 4.69) is 35.2 Å². The first-order chi connectivity index (χ1) is 12.7. The lowest BCUT2D eigenvalue weighted by Crippen LogP contribution is -2.32. The summed E-state index contributed by atoms with van der Waals surface area (Å²) in [7, 11) is 0. The van der Waals surface area contributed by atoms with Gasteiger partial charge in [-0.3, -0.25) is 0 Å². The Bertz CT molecular complexity index is 1060. The van der Waals surface area contributed by atoms with Gasteiger partial charge in [0.15, 0.2) is 5.13 Å². The maximum atomic E-state index is 6.25. The van der Waals surface area contributed by atoms with E-state index in [0.717, 1.165) is 52.7 Å². The Labute approximate surface area is 165 Å². The van der Waals surface area contributed by atoms with Crippen LogP contribution in [-0.4, -0.2) is 23.1 Å². The monoisotopic (exact) mass is 399 g/mol. The molecule has 0 unspecified atom stereocenters. The summed E-state index contributed by atoms with van der Waals surface area (Å²) in [6.07, 6.45) is 2.27. The molecule has 3 heterocycles. The van der Waals surface area contributed by atoms with Gasteiger partial charge in [0.25, 0.3) is 0 Å². The predicted molar refractivity (Wildman–Crippen MR) is 113 cm³/mol. The van der Waals surface area contributed by atoms with Crippen LogP contribution in [0.4, 0.5) is 5.13 Å². The molecule has 1 fully saturated rings. The summed E-state index contributed by atoms with van der Waals surface area (Å²) in [6, 6.07) is 12.5. The number of aryl methyl sites for hydroxylation is 1. The highest BCUT2D eigenvalue weighted by molar-refractivity contribution is 7.22. The van der Waals surface area contributed by atoms with Gasteiger partial charge in [-0.1, -0.05) is 35.1 Å². The molecule has 1 saturated heterocycles. The minimum Gasteiger partial charge on any atom is -0.348 e. The van der Waals surface area contributed by atoms with Gasteiger partial charge in [0, 0.05) is 24.0 Å². The topological polar surface area (TPSA) is 29.0 Å². The average molecular weight is 400 g/mol. The molecule has 26 heavy (non-hydrogen) atoms. The van der Waals surface area contributed by atoms with E-state index in [1.807, 2.05) is 24.3 Å². The SMILES string of the molecule is Cc1c(Cl)ccc2sc(N3CCC(c4nc5ccccc5s4)CC3)nc12. The van der Waals surface area contributed by atoms with Crippen molar-refractivity contribution in [2.24, 2.45) is 0 Å². The molecule has 132 valence electrons. The van der Waals surface area contributed by atoms with E-state index >= 15 is 0 Å². The number of para-hydroxylation sites is 1. The molecule has 0 radical (unpaired) electrons. The lowest BCUT2D eigenvalue weighted by molar-refractivity contribution is 0.504. The van der Waals surface area contributed by atoms with Crippen molar-refractivity contribution < 1.29 is 0 Å². The van der Waals surface area contributed by atoms with Crippen molar-refractivity contribution in [2.45, 2.75) is 25.7 Å². The number of aromatic nitrogens is 2. The van der Waals surface area contributed by atoms with E-state index in [1.165, 1.54) is 14.4 Å². The van der Waals surface area contributed by atoms with Crippen molar-refractivity contribution in [3.8, 4) is 0 Å². The van der Waals surface area contributed by atoms with Crippen LogP contribution in [-0.2, 0) is 0 Å². The van der Waals surface area contributed by atoms with Crippen molar-refractivity contribution in [1.82, 2.24) is 9.97 Å². The maximum Gasteiger partial charge on any atom is 0.186 e. The van der Waals surface area contributed by atoms with Gasteiger partial charge in [-0.25, -0.2) is 9.97 Å². The van der Waals surface area contributed by atoms with Gasteiger partial charge in [0.1, 0.15) is 0 Å². The number of thiazole rings is 2. The molecule has 0 amide bonds. The van der Waals surface area contributed by atoms with Gasteiger partial charge in [0.2, 0.25) is 0 Å². The molecule has 1 aliphatic heterocycles. The number of nitrogens with zero attached hydrogens (tertiary/aromatic N) is 3. The summed E-state index contributed by atoms with van der Waals surface area (Å²) in [5.74, 6) is 0.564. The molecule has 0 aliphatic carbocycles. The number of fused-ring (bicyclic) bond motifs is 2. The zero-order valence-corrected chi connectivity index (χ0v) is 16.8. The molecule has 4 aromatic rings. The summed E-state index contributed by atoms with van der Waals surface area (Å²) < 4.78 is 2.51. The Morgan fingerprint density at radius 1 is 1.00 bits per heavy atom. The Kier molecular flexibility index (Phi) is 4.11. The first-order valence-electron chi connectivity index (χ1n) is 8.85. The fourth-order valence-electron chi connectivity index (χ4n) is 3.61. The van der Waals surface area contributed by atoms with Gasteiger partial charge in [0.05, 0.1) is 25.4 Å². The minimum absolute atomic E-state index is 0.564. The van der Waals surface area contributed by atoms with Crippen LogP contribution in [0.5, 0.6) is 0 Å². The number of anilines is 1. The zero-order valence-electron chi connectivity index (χ0n) is 14.4. The van der Waals surface area contributed by atoms with Gasteiger partial charge < -0.3 is 4.90 Å².